The number of amides is 1. The largest absolute Gasteiger partial charge is 0.449 e. The van der Waals surface area contributed by atoms with Crippen molar-refractivity contribution in [2.75, 3.05) is 13.1 Å². The molecule has 1 N–H and O–H groups in total. The van der Waals surface area contributed by atoms with Crippen LogP contribution in [-0.4, -0.2) is 39.7 Å². The molecule has 1 saturated heterocycles. The van der Waals surface area contributed by atoms with Gasteiger partial charge in [-0.25, -0.2) is 9.78 Å². The van der Waals surface area contributed by atoms with Crippen LogP contribution in [0.2, 0.25) is 5.02 Å². The summed E-state index contributed by atoms with van der Waals surface area (Å²) in [6.07, 6.45) is -10.0. The summed E-state index contributed by atoms with van der Waals surface area (Å²) in [6.45, 7) is 5.45. The maximum absolute atomic E-state index is 13.8. The van der Waals surface area contributed by atoms with E-state index in [-0.39, 0.29) is 31.8 Å². The third-order valence-corrected chi connectivity index (χ3v) is 5.48. The van der Waals surface area contributed by atoms with E-state index in [0.717, 1.165) is 6.07 Å². The van der Waals surface area contributed by atoms with Gasteiger partial charge >= 0.3 is 18.4 Å². The lowest BCUT2D eigenvalue weighted by atomic mass is 9.96. The number of H-pyrrole nitrogens is 1. The Balaban J connectivity index is 1.85. The van der Waals surface area contributed by atoms with Crippen LogP contribution in [0.1, 0.15) is 56.6 Å². The van der Waals surface area contributed by atoms with Gasteiger partial charge in [-0.05, 0) is 45.7 Å². The average molecular weight is 542 g/mol. The summed E-state index contributed by atoms with van der Waals surface area (Å²) in [5.74, 6) is -2.57. The van der Waals surface area contributed by atoms with Crippen LogP contribution >= 0.6 is 11.6 Å². The highest BCUT2D eigenvalue weighted by Gasteiger charge is 2.40. The number of nitrogens with one attached hydrogen (secondary N) is 1. The zero-order valence-corrected chi connectivity index (χ0v) is 20.1. The Morgan fingerprint density at radius 3 is 2.19 bits per heavy atom. The molecule has 0 atom stereocenters. The maximum Gasteiger partial charge on any atom is 0.437 e. The van der Waals surface area contributed by atoms with Gasteiger partial charge in [-0.15, -0.1) is 0 Å². The van der Waals surface area contributed by atoms with Crippen LogP contribution in [0.4, 0.5) is 31.1 Å². The molecule has 1 aliphatic heterocycles. The summed E-state index contributed by atoms with van der Waals surface area (Å²) in [6, 6.07) is 1.93. The summed E-state index contributed by atoms with van der Waals surface area (Å²) < 4.78 is 90.2. The molecule has 1 aromatic carbocycles. The smallest absolute Gasteiger partial charge is 0.437 e. The van der Waals surface area contributed by atoms with Gasteiger partial charge in [0.25, 0.3) is 5.56 Å². The van der Waals surface area contributed by atoms with Gasteiger partial charge in [-0.3, -0.25) is 4.79 Å². The molecule has 1 aromatic heterocycles. The Kier molecular flexibility index (Phi) is 7.54. The van der Waals surface area contributed by atoms with Crippen molar-refractivity contribution in [3.63, 3.8) is 0 Å². The number of halogens is 7. The van der Waals surface area contributed by atoms with Crippen LogP contribution in [0.25, 0.3) is 0 Å². The molecule has 36 heavy (non-hydrogen) atoms. The summed E-state index contributed by atoms with van der Waals surface area (Å²) >= 11 is 5.59. The molecule has 3 rings (SSSR count). The second kappa shape index (κ2) is 9.83. The third kappa shape index (κ3) is 6.62. The van der Waals surface area contributed by atoms with Crippen molar-refractivity contribution in [2.24, 2.45) is 0 Å². The summed E-state index contributed by atoms with van der Waals surface area (Å²) in [4.78, 5) is 32.0. The summed E-state index contributed by atoms with van der Waals surface area (Å²) in [5.41, 5.74) is -4.83. The molecular formula is C22H22ClF6N3O4. The first kappa shape index (κ1) is 27.6. The number of alkyl halides is 6. The van der Waals surface area contributed by atoms with Gasteiger partial charge in [0, 0.05) is 25.1 Å². The number of aromatic nitrogens is 2. The Morgan fingerprint density at radius 2 is 1.69 bits per heavy atom. The Labute approximate surface area is 206 Å². The number of likely N-dealkylation sites (tertiary alicyclic amines) is 1. The second-order valence-corrected chi connectivity index (χ2v) is 9.52. The minimum Gasteiger partial charge on any atom is -0.449 e. The summed E-state index contributed by atoms with van der Waals surface area (Å²) in [7, 11) is 0. The fourth-order valence-electron chi connectivity index (χ4n) is 3.53. The number of carbonyl (C=O) groups excluding carboxylic acids is 1. The highest BCUT2D eigenvalue weighted by Crippen LogP contribution is 2.39. The predicted octanol–water partition coefficient (Wildman–Crippen LogP) is 6.37. The highest BCUT2D eigenvalue weighted by atomic mass is 35.5. The van der Waals surface area contributed by atoms with Crippen molar-refractivity contribution >= 4 is 17.7 Å². The van der Waals surface area contributed by atoms with E-state index in [1.807, 2.05) is 0 Å². The van der Waals surface area contributed by atoms with Gasteiger partial charge in [0.1, 0.15) is 17.2 Å². The molecule has 198 valence electrons. The first-order valence-electron chi connectivity index (χ1n) is 10.7. The SMILES string of the molecule is CC(C)(C)OC(=O)N1CCC(c2nc(C(F)(F)F)c(Oc3ccc(C(F)(F)F)c(Cl)c3)c(=O)[nH]2)CC1. The highest BCUT2D eigenvalue weighted by molar-refractivity contribution is 6.31. The van der Waals surface area contributed by atoms with E-state index in [1.165, 1.54) is 4.90 Å². The zero-order valence-electron chi connectivity index (χ0n) is 19.3. The predicted molar refractivity (Wildman–Crippen MR) is 116 cm³/mol. The molecule has 2 heterocycles. The second-order valence-electron chi connectivity index (χ2n) is 9.11. The van der Waals surface area contributed by atoms with Crippen LogP contribution in [0.3, 0.4) is 0 Å². The monoisotopic (exact) mass is 541 g/mol. The molecule has 0 spiro atoms. The van der Waals surface area contributed by atoms with Gasteiger partial charge in [-0.1, -0.05) is 11.6 Å². The van der Waals surface area contributed by atoms with Crippen LogP contribution in [0.15, 0.2) is 23.0 Å². The molecule has 0 saturated carbocycles. The fourth-order valence-corrected chi connectivity index (χ4v) is 3.81. The van der Waals surface area contributed by atoms with E-state index >= 15 is 0 Å². The topological polar surface area (TPSA) is 84.5 Å². The molecule has 0 unspecified atom stereocenters. The molecule has 7 nitrogen and oxygen atoms in total. The first-order valence-corrected chi connectivity index (χ1v) is 11.1. The van der Waals surface area contributed by atoms with Gasteiger partial charge in [-0.2, -0.15) is 26.3 Å². The maximum atomic E-state index is 13.8. The number of aromatic amines is 1. The van der Waals surface area contributed by atoms with Crippen LogP contribution < -0.4 is 10.3 Å². The Bertz CT molecular complexity index is 1180. The number of hydrogen-bond acceptors (Lipinski definition) is 5. The molecular weight excluding hydrogens is 520 g/mol. The van der Waals surface area contributed by atoms with Gasteiger partial charge in [0.05, 0.1) is 10.6 Å². The normalized spacial score (nSPS) is 15.7. The van der Waals surface area contributed by atoms with Crippen LogP contribution in [-0.2, 0) is 17.1 Å². The van der Waals surface area contributed by atoms with E-state index in [2.05, 4.69) is 9.97 Å². The molecule has 1 fully saturated rings. The summed E-state index contributed by atoms with van der Waals surface area (Å²) in [5, 5.41) is -0.814. The molecule has 0 radical (unpaired) electrons. The average Bonchev–Trinajstić information content (AvgIpc) is 2.72. The van der Waals surface area contributed by atoms with E-state index < -0.39 is 63.3 Å². The minimum absolute atomic E-state index is 0.174. The lowest BCUT2D eigenvalue weighted by molar-refractivity contribution is -0.142. The lowest BCUT2D eigenvalue weighted by Gasteiger charge is -2.33. The Morgan fingerprint density at radius 1 is 1.08 bits per heavy atom. The van der Waals surface area contributed by atoms with E-state index in [4.69, 9.17) is 21.1 Å². The molecule has 14 heteroatoms. The van der Waals surface area contributed by atoms with Crippen molar-refractivity contribution < 1.29 is 40.6 Å². The molecule has 1 aliphatic rings. The number of hydrogen-bond donors (Lipinski definition) is 1. The number of rotatable bonds is 3. The van der Waals surface area contributed by atoms with Crippen LogP contribution in [0.5, 0.6) is 11.5 Å². The van der Waals surface area contributed by atoms with E-state index in [0.29, 0.717) is 12.1 Å². The zero-order chi connectivity index (χ0) is 27.1. The number of carbonyl (C=O) groups is 1. The van der Waals surface area contributed by atoms with Crippen molar-refractivity contribution in [1.29, 1.82) is 0 Å². The van der Waals surface area contributed by atoms with E-state index in [1.54, 1.807) is 20.8 Å². The number of ether oxygens (including phenoxy) is 2. The quantitative estimate of drug-likeness (QED) is 0.457. The fraction of sp³-hybridized carbons (Fsp3) is 0.500. The molecule has 1 amide bonds. The van der Waals surface area contributed by atoms with Crippen LogP contribution in [0, 0.1) is 0 Å². The number of benzene rings is 1. The standard InChI is InChI=1S/C22H22ClF6N3O4/c1-20(2,3)36-19(34)32-8-6-11(7-9-32)17-30-16(22(27,28)29)15(18(33)31-17)35-12-4-5-13(14(23)10-12)21(24,25)26/h4-5,10-11H,6-9H2,1-3H3,(H,30,31,33). The third-order valence-electron chi connectivity index (χ3n) is 5.16. The van der Waals surface area contributed by atoms with Gasteiger partial charge in [0.15, 0.2) is 5.69 Å². The van der Waals surface area contributed by atoms with E-state index in [9.17, 15) is 35.9 Å². The van der Waals surface area contributed by atoms with Crippen molar-refractivity contribution in [2.45, 2.75) is 57.5 Å². The van der Waals surface area contributed by atoms with Crippen molar-refractivity contribution in [3.8, 4) is 11.5 Å². The lowest BCUT2D eigenvalue weighted by Crippen LogP contribution is -2.41. The number of piperidine rings is 1. The first-order chi connectivity index (χ1) is 16.5. The molecule has 0 aliphatic carbocycles. The molecule has 0 bridgehead atoms. The van der Waals surface area contributed by atoms with Crippen molar-refractivity contribution in [1.82, 2.24) is 14.9 Å². The van der Waals surface area contributed by atoms with Crippen molar-refractivity contribution in [3.05, 3.63) is 50.7 Å². The molecule has 2 aromatic rings. The minimum atomic E-state index is -5.11. The van der Waals surface area contributed by atoms with Gasteiger partial charge in [0.2, 0.25) is 5.75 Å². The van der Waals surface area contributed by atoms with Gasteiger partial charge < -0.3 is 19.4 Å². The Hall–Kier alpha value is -2.96. The number of nitrogens with zero attached hydrogens (tertiary/aromatic N) is 2.